The molecule has 0 fully saturated rings. The number of hydrogen-bond acceptors (Lipinski definition) is 7. The third-order valence-electron chi connectivity index (χ3n) is 2.47. The maximum atomic E-state index is 12.3. The number of carbonyl (C=O) groups is 1. The zero-order chi connectivity index (χ0) is 16.2. The van der Waals surface area contributed by atoms with E-state index >= 15 is 0 Å². The molecule has 3 N–H and O–H groups in total. The van der Waals surface area contributed by atoms with E-state index in [9.17, 15) is 9.35 Å². The average molecular weight is 398 g/mol. The van der Waals surface area contributed by atoms with Crippen LogP contribution in [0.1, 0.15) is 38.7 Å². The molecule has 1 rings (SSSR count). The molecule has 0 radical (unpaired) electrons. The van der Waals surface area contributed by atoms with Crippen molar-refractivity contribution < 1.29 is 14.1 Å². The SMILES string of the molecule is CCOC(=O)[C@@H](N)[C@H](N[S+]([O-])C(C)(C)C)c1nc(Br)cs1. The second-order valence-electron chi connectivity index (χ2n) is 5.26. The molecule has 9 heteroatoms. The van der Waals surface area contributed by atoms with Crippen LogP contribution in [0.4, 0.5) is 0 Å². The highest BCUT2D eigenvalue weighted by Gasteiger charge is 2.37. The largest absolute Gasteiger partial charge is 0.598 e. The van der Waals surface area contributed by atoms with Crippen molar-refractivity contribution in [3.8, 4) is 0 Å². The van der Waals surface area contributed by atoms with Crippen molar-refractivity contribution in [2.75, 3.05) is 6.61 Å². The van der Waals surface area contributed by atoms with Gasteiger partial charge < -0.3 is 15.0 Å². The molecule has 0 amide bonds. The van der Waals surface area contributed by atoms with Gasteiger partial charge in [-0.05, 0) is 43.6 Å². The molecule has 3 atom stereocenters. The maximum absolute atomic E-state index is 12.3. The Bertz CT molecular complexity index is 479. The highest BCUT2D eigenvalue weighted by Crippen LogP contribution is 2.26. The number of esters is 1. The van der Waals surface area contributed by atoms with E-state index < -0.39 is 34.2 Å². The van der Waals surface area contributed by atoms with E-state index in [0.29, 0.717) is 9.61 Å². The topological polar surface area (TPSA) is 100 Å². The smallest absolute Gasteiger partial charge is 0.325 e. The molecule has 120 valence electrons. The predicted octanol–water partition coefficient (Wildman–Crippen LogP) is 1.89. The van der Waals surface area contributed by atoms with Crippen LogP contribution in [0.3, 0.4) is 0 Å². The van der Waals surface area contributed by atoms with E-state index in [1.807, 2.05) is 20.8 Å². The Morgan fingerprint density at radius 3 is 2.71 bits per heavy atom. The van der Waals surface area contributed by atoms with Gasteiger partial charge in [-0.15, -0.1) is 16.1 Å². The molecule has 0 aliphatic rings. The van der Waals surface area contributed by atoms with Crippen molar-refractivity contribution >= 4 is 44.6 Å². The van der Waals surface area contributed by atoms with Gasteiger partial charge in [0.2, 0.25) is 0 Å². The van der Waals surface area contributed by atoms with E-state index in [0.717, 1.165) is 0 Å². The number of hydrogen-bond donors (Lipinski definition) is 2. The van der Waals surface area contributed by atoms with Crippen LogP contribution in [0.2, 0.25) is 0 Å². The van der Waals surface area contributed by atoms with Crippen molar-refractivity contribution in [3.05, 3.63) is 15.0 Å². The molecule has 6 nitrogen and oxygen atoms in total. The van der Waals surface area contributed by atoms with Crippen molar-refractivity contribution in [1.82, 2.24) is 9.71 Å². The zero-order valence-electron chi connectivity index (χ0n) is 12.4. The molecule has 0 bridgehead atoms. The molecule has 1 heterocycles. The predicted molar refractivity (Wildman–Crippen MR) is 88.2 cm³/mol. The fourth-order valence-electron chi connectivity index (χ4n) is 1.35. The lowest BCUT2D eigenvalue weighted by Gasteiger charge is -2.28. The molecular formula is C12H20BrN3O3S2. The number of rotatable bonds is 6. The summed E-state index contributed by atoms with van der Waals surface area (Å²) >= 11 is 3.21. The summed E-state index contributed by atoms with van der Waals surface area (Å²) in [7, 11) is 0. The first-order chi connectivity index (χ1) is 9.66. The van der Waals surface area contributed by atoms with Gasteiger partial charge >= 0.3 is 5.97 Å². The highest BCUT2D eigenvalue weighted by atomic mass is 79.9. The van der Waals surface area contributed by atoms with Crippen molar-refractivity contribution in [2.45, 2.75) is 44.5 Å². The Balaban J connectivity index is 2.98. The van der Waals surface area contributed by atoms with Crippen molar-refractivity contribution in [1.29, 1.82) is 0 Å². The standard InChI is InChI=1S/C12H20BrN3O3S2/c1-5-19-11(17)8(14)9(10-15-7(13)6-20-10)16-21(18)12(2,3)4/h6,8-9,16H,5,14H2,1-4H3/t8-,9-,21?/m0/s1. The molecule has 0 aromatic carbocycles. The van der Waals surface area contributed by atoms with E-state index in [1.54, 1.807) is 12.3 Å². The Hall–Kier alpha value is -0.190. The second-order valence-corrected chi connectivity index (χ2v) is 8.96. The van der Waals surface area contributed by atoms with Crippen LogP contribution in [0.15, 0.2) is 9.98 Å². The lowest BCUT2D eigenvalue weighted by Crippen LogP contribution is -2.50. The summed E-state index contributed by atoms with van der Waals surface area (Å²) in [6.45, 7) is 7.45. The van der Waals surface area contributed by atoms with Crippen LogP contribution >= 0.6 is 27.3 Å². The minimum atomic E-state index is -1.39. The van der Waals surface area contributed by atoms with Crippen LogP contribution < -0.4 is 10.5 Å². The number of nitrogens with one attached hydrogen (secondary N) is 1. The van der Waals surface area contributed by atoms with Gasteiger partial charge in [0.1, 0.15) is 26.4 Å². The molecule has 1 aromatic rings. The molecule has 0 saturated heterocycles. The summed E-state index contributed by atoms with van der Waals surface area (Å²) in [4.78, 5) is 16.1. The summed E-state index contributed by atoms with van der Waals surface area (Å²) in [6.07, 6.45) is 0. The fraction of sp³-hybridized carbons (Fsp3) is 0.667. The Morgan fingerprint density at radius 1 is 1.67 bits per heavy atom. The van der Waals surface area contributed by atoms with E-state index in [2.05, 4.69) is 25.6 Å². The zero-order valence-corrected chi connectivity index (χ0v) is 15.6. The number of carbonyl (C=O) groups excluding carboxylic acids is 1. The summed E-state index contributed by atoms with van der Waals surface area (Å²) in [5.74, 6) is -0.549. The minimum absolute atomic E-state index is 0.239. The number of halogens is 1. The Morgan fingerprint density at radius 2 is 2.29 bits per heavy atom. The lowest BCUT2D eigenvalue weighted by molar-refractivity contribution is -0.145. The number of thiazole rings is 1. The third-order valence-corrected chi connectivity index (χ3v) is 5.69. The molecule has 1 unspecified atom stereocenters. The van der Waals surface area contributed by atoms with Crippen molar-refractivity contribution in [3.63, 3.8) is 0 Å². The van der Waals surface area contributed by atoms with E-state index in [-0.39, 0.29) is 6.61 Å². The van der Waals surface area contributed by atoms with Crippen LogP contribution in [-0.4, -0.2) is 32.9 Å². The molecule has 1 aromatic heterocycles. The highest BCUT2D eigenvalue weighted by molar-refractivity contribution is 9.10. The Kier molecular flexibility index (Phi) is 7.08. The van der Waals surface area contributed by atoms with Gasteiger partial charge in [0.25, 0.3) is 0 Å². The van der Waals surface area contributed by atoms with E-state index in [1.165, 1.54) is 11.3 Å². The summed E-state index contributed by atoms with van der Waals surface area (Å²) in [6, 6.07) is -1.64. The molecule has 0 aliphatic heterocycles. The summed E-state index contributed by atoms with van der Waals surface area (Å²) in [5.41, 5.74) is 5.96. The first-order valence-corrected chi connectivity index (χ1v) is 9.20. The number of nitrogens with zero attached hydrogens (tertiary/aromatic N) is 1. The number of ether oxygens (including phenoxy) is 1. The summed E-state index contributed by atoms with van der Waals surface area (Å²) in [5, 5.41) is 2.36. The minimum Gasteiger partial charge on any atom is -0.598 e. The van der Waals surface area contributed by atoms with Crippen LogP contribution in [-0.2, 0) is 20.9 Å². The van der Waals surface area contributed by atoms with Crippen LogP contribution in [0, 0.1) is 0 Å². The van der Waals surface area contributed by atoms with Gasteiger partial charge in [0, 0.05) is 16.7 Å². The lowest BCUT2D eigenvalue weighted by atomic mass is 10.1. The van der Waals surface area contributed by atoms with Gasteiger partial charge in [-0.3, -0.25) is 4.79 Å². The van der Waals surface area contributed by atoms with Gasteiger partial charge in [-0.2, -0.15) is 0 Å². The summed E-state index contributed by atoms with van der Waals surface area (Å²) < 4.78 is 20.3. The third kappa shape index (κ3) is 5.50. The van der Waals surface area contributed by atoms with Crippen LogP contribution in [0.5, 0.6) is 0 Å². The average Bonchev–Trinajstić information content (AvgIpc) is 2.80. The second kappa shape index (κ2) is 7.89. The van der Waals surface area contributed by atoms with Gasteiger partial charge in [-0.1, -0.05) is 0 Å². The molecule has 0 aliphatic carbocycles. The molecule has 21 heavy (non-hydrogen) atoms. The van der Waals surface area contributed by atoms with Crippen molar-refractivity contribution in [2.24, 2.45) is 5.73 Å². The fourth-order valence-corrected chi connectivity index (χ4v) is 3.63. The van der Waals surface area contributed by atoms with Crippen LogP contribution in [0.25, 0.3) is 0 Å². The number of nitrogens with two attached hydrogens (primary N) is 1. The van der Waals surface area contributed by atoms with E-state index in [4.69, 9.17) is 10.5 Å². The first-order valence-electron chi connectivity index (χ1n) is 6.38. The molecule has 0 saturated carbocycles. The first kappa shape index (κ1) is 18.9. The van der Waals surface area contributed by atoms with Gasteiger partial charge in [-0.25, -0.2) is 4.98 Å². The van der Waals surface area contributed by atoms with Gasteiger partial charge in [0.15, 0.2) is 0 Å². The monoisotopic (exact) mass is 397 g/mol. The number of aromatic nitrogens is 1. The Labute approximate surface area is 140 Å². The van der Waals surface area contributed by atoms with Gasteiger partial charge in [0.05, 0.1) is 6.61 Å². The quantitative estimate of drug-likeness (QED) is 0.561. The normalized spacial score (nSPS) is 16.3. The maximum Gasteiger partial charge on any atom is 0.325 e. The molecular weight excluding hydrogens is 378 g/mol. The molecule has 0 spiro atoms.